The number of hydrogen-bond donors (Lipinski definition) is 0. The normalized spacial score (nSPS) is 9.50. The van der Waals surface area contributed by atoms with E-state index >= 15 is 0 Å². The molecule has 0 aliphatic heterocycles. The van der Waals surface area contributed by atoms with Crippen molar-refractivity contribution < 1.29 is 9.47 Å². The third-order valence-corrected chi connectivity index (χ3v) is 1.79. The van der Waals surface area contributed by atoms with Crippen molar-refractivity contribution in [1.82, 2.24) is 0 Å². The van der Waals surface area contributed by atoms with Crippen LogP contribution in [0.5, 0.6) is 11.5 Å². The van der Waals surface area contributed by atoms with Gasteiger partial charge in [-0.2, -0.15) is 0 Å². The highest BCUT2D eigenvalue weighted by atomic mass is 16.5. The van der Waals surface area contributed by atoms with Crippen molar-refractivity contribution in [3.63, 3.8) is 0 Å². The molecule has 0 amide bonds. The first-order chi connectivity index (χ1) is 5.70. The van der Waals surface area contributed by atoms with Crippen LogP contribution in [0.2, 0.25) is 0 Å². The van der Waals surface area contributed by atoms with E-state index in [-0.39, 0.29) is 0 Å². The molecule has 1 rings (SSSR count). The molecule has 0 aliphatic rings. The summed E-state index contributed by atoms with van der Waals surface area (Å²) < 4.78 is 10.1. The summed E-state index contributed by atoms with van der Waals surface area (Å²) in [5.41, 5.74) is 0. The first-order valence-electron chi connectivity index (χ1n) is 3.59. The highest BCUT2D eigenvalue weighted by molar-refractivity contribution is 5.38. The van der Waals surface area contributed by atoms with E-state index in [1.54, 1.807) is 14.2 Å². The van der Waals surface area contributed by atoms with E-state index < -0.39 is 0 Å². The molecular formula is C10H12O2. The van der Waals surface area contributed by atoms with Crippen LogP contribution in [-0.4, -0.2) is 14.2 Å². The number of ether oxygens (including phenoxy) is 2. The lowest BCUT2D eigenvalue weighted by molar-refractivity contribution is 0.397. The van der Waals surface area contributed by atoms with E-state index in [9.17, 15) is 0 Å². The Balaban J connectivity index is 3.41. The monoisotopic (exact) mass is 164 g/mol. The lowest BCUT2D eigenvalue weighted by atomic mass is 10.2. The Morgan fingerprint density at radius 2 is 1.25 bits per heavy atom. The molecule has 0 radical (unpaired) electrons. The minimum atomic E-state index is 0.737. The van der Waals surface area contributed by atoms with E-state index in [1.807, 2.05) is 12.1 Å². The third kappa shape index (κ3) is 1.28. The van der Waals surface area contributed by atoms with Crippen molar-refractivity contribution in [3.8, 4) is 11.5 Å². The summed E-state index contributed by atoms with van der Waals surface area (Å²) >= 11 is 0. The molecular weight excluding hydrogens is 152 g/mol. The first-order valence-corrected chi connectivity index (χ1v) is 3.59. The van der Waals surface area contributed by atoms with Gasteiger partial charge in [0.1, 0.15) is 11.5 Å². The van der Waals surface area contributed by atoms with Gasteiger partial charge in [0.15, 0.2) is 0 Å². The summed E-state index contributed by atoms with van der Waals surface area (Å²) in [6, 6.07) is 3.63. The Morgan fingerprint density at radius 3 is 1.50 bits per heavy atom. The summed E-state index contributed by atoms with van der Waals surface area (Å²) in [6.45, 7) is 7.66. The molecule has 0 bridgehead atoms. The van der Waals surface area contributed by atoms with Crippen LogP contribution in [0, 0.1) is 0 Å². The molecule has 2 heteroatoms. The van der Waals surface area contributed by atoms with E-state index in [0.29, 0.717) is 0 Å². The molecule has 0 aromatic heterocycles. The van der Waals surface area contributed by atoms with Crippen LogP contribution in [0.15, 0.2) is 12.1 Å². The SMILES string of the molecule is C=c1c(OC)ccc(OC)c1=C. The molecule has 0 atom stereocenters. The minimum Gasteiger partial charge on any atom is -0.496 e. The van der Waals surface area contributed by atoms with Crippen LogP contribution in [0.1, 0.15) is 0 Å². The summed E-state index contributed by atoms with van der Waals surface area (Å²) in [4.78, 5) is 0. The molecule has 0 aliphatic carbocycles. The molecule has 0 saturated carbocycles. The maximum Gasteiger partial charge on any atom is 0.126 e. The third-order valence-electron chi connectivity index (χ3n) is 1.79. The van der Waals surface area contributed by atoms with Gasteiger partial charge in [-0.05, 0) is 12.1 Å². The lowest BCUT2D eigenvalue weighted by Gasteiger charge is -2.04. The van der Waals surface area contributed by atoms with Crippen molar-refractivity contribution in [3.05, 3.63) is 22.6 Å². The van der Waals surface area contributed by atoms with Gasteiger partial charge in [0.2, 0.25) is 0 Å². The molecule has 2 nitrogen and oxygen atoms in total. The molecule has 1 aromatic rings. The number of benzene rings is 1. The Bertz CT molecular complexity index is 331. The Kier molecular flexibility index (Phi) is 2.38. The fourth-order valence-electron chi connectivity index (χ4n) is 1.03. The van der Waals surface area contributed by atoms with Crippen LogP contribution in [0.3, 0.4) is 0 Å². The predicted molar refractivity (Wildman–Crippen MR) is 49.8 cm³/mol. The van der Waals surface area contributed by atoms with E-state index in [4.69, 9.17) is 9.47 Å². The van der Waals surface area contributed by atoms with Gasteiger partial charge >= 0.3 is 0 Å². The van der Waals surface area contributed by atoms with Crippen molar-refractivity contribution in [2.45, 2.75) is 0 Å². The van der Waals surface area contributed by atoms with E-state index in [2.05, 4.69) is 13.2 Å². The molecule has 0 spiro atoms. The summed E-state index contributed by atoms with van der Waals surface area (Å²) in [7, 11) is 3.21. The topological polar surface area (TPSA) is 18.5 Å². The maximum atomic E-state index is 5.07. The second-order valence-corrected chi connectivity index (χ2v) is 2.43. The fraction of sp³-hybridized carbons (Fsp3) is 0.200. The molecule has 64 valence electrons. The Morgan fingerprint density at radius 1 is 0.917 bits per heavy atom. The molecule has 12 heavy (non-hydrogen) atoms. The summed E-state index contributed by atoms with van der Waals surface area (Å²) in [5, 5.41) is 1.55. The van der Waals surface area contributed by atoms with Crippen LogP contribution >= 0.6 is 0 Å². The van der Waals surface area contributed by atoms with Crippen molar-refractivity contribution in [2.75, 3.05) is 14.2 Å². The van der Waals surface area contributed by atoms with Gasteiger partial charge in [-0.15, -0.1) is 0 Å². The van der Waals surface area contributed by atoms with Crippen LogP contribution < -0.4 is 19.9 Å². The van der Waals surface area contributed by atoms with Gasteiger partial charge in [-0.1, -0.05) is 13.2 Å². The van der Waals surface area contributed by atoms with E-state index in [1.165, 1.54) is 0 Å². The van der Waals surface area contributed by atoms with Crippen LogP contribution in [0.4, 0.5) is 0 Å². The van der Waals surface area contributed by atoms with E-state index in [0.717, 1.165) is 21.9 Å². The molecule has 0 heterocycles. The summed E-state index contributed by atoms with van der Waals surface area (Å²) in [5.74, 6) is 1.47. The maximum absolute atomic E-state index is 5.07. The van der Waals surface area contributed by atoms with Crippen molar-refractivity contribution in [2.24, 2.45) is 0 Å². The van der Waals surface area contributed by atoms with Gasteiger partial charge in [0, 0.05) is 10.4 Å². The second kappa shape index (κ2) is 3.30. The zero-order valence-electron chi connectivity index (χ0n) is 7.39. The molecule has 0 saturated heterocycles. The largest absolute Gasteiger partial charge is 0.496 e. The standard InChI is InChI=1S/C10H12O2/c1-7-8(2)10(12-4)6-5-9(7)11-3/h5-6H,1-2H2,3-4H3. The number of methoxy groups -OCH3 is 2. The minimum absolute atomic E-state index is 0.737. The van der Waals surface area contributed by atoms with Gasteiger partial charge in [0.25, 0.3) is 0 Å². The number of hydrogen-bond acceptors (Lipinski definition) is 2. The number of rotatable bonds is 2. The first kappa shape index (κ1) is 8.65. The van der Waals surface area contributed by atoms with Gasteiger partial charge in [0.05, 0.1) is 14.2 Å². The fourth-order valence-corrected chi connectivity index (χ4v) is 1.03. The zero-order valence-corrected chi connectivity index (χ0v) is 7.39. The van der Waals surface area contributed by atoms with Gasteiger partial charge in [-0.3, -0.25) is 0 Å². The second-order valence-electron chi connectivity index (χ2n) is 2.43. The average Bonchev–Trinajstić information content (AvgIpc) is 2.10. The van der Waals surface area contributed by atoms with Crippen molar-refractivity contribution in [1.29, 1.82) is 0 Å². The molecule has 0 N–H and O–H groups in total. The highest BCUT2D eigenvalue weighted by Crippen LogP contribution is 2.05. The molecule has 0 fully saturated rings. The van der Waals surface area contributed by atoms with Gasteiger partial charge < -0.3 is 9.47 Å². The molecule has 0 unspecified atom stereocenters. The Labute approximate surface area is 71.7 Å². The van der Waals surface area contributed by atoms with Crippen LogP contribution in [-0.2, 0) is 0 Å². The quantitative estimate of drug-likeness (QED) is 0.634. The highest BCUT2D eigenvalue weighted by Gasteiger charge is 1.97. The molecule has 1 aromatic carbocycles. The smallest absolute Gasteiger partial charge is 0.126 e. The lowest BCUT2D eigenvalue weighted by Crippen LogP contribution is -2.24. The predicted octanol–water partition coefficient (Wildman–Crippen LogP) is 0.524. The Hall–Kier alpha value is -1.44. The average molecular weight is 164 g/mol. The van der Waals surface area contributed by atoms with Crippen molar-refractivity contribution >= 4 is 13.2 Å². The zero-order chi connectivity index (χ0) is 9.14. The summed E-state index contributed by atoms with van der Waals surface area (Å²) in [6.07, 6.45) is 0. The van der Waals surface area contributed by atoms with Crippen LogP contribution in [0.25, 0.3) is 13.2 Å². The van der Waals surface area contributed by atoms with Gasteiger partial charge in [-0.25, -0.2) is 0 Å².